The van der Waals surface area contributed by atoms with Crippen molar-refractivity contribution in [2.75, 3.05) is 13.2 Å². The number of hydrogen-bond acceptors (Lipinski definition) is 5. The molecule has 82 heavy (non-hydrogen) atoms. The zero-order valence-electron chi connectivity index (χ0n) is 54.0. The number of rotatable bonds is 64. The quantitative estimate of drug-likeness (QED) is 0.0373. The summed E-state index contributed by atoms with van der Waals surface area (Å²) in [6.45, 7) is 4.04. The minimum atomic E-state index is -0.779. The van der Waals surface area contributed by atoms with Crippen LogP contribution in [0.15, 0.2) is 122 Å². The molecule has 0 aromatic rings. The average Bonchev–Trinajstić information content (AvgIpc) is 3.49. The smallest absolute Gasteiger partial charge is 0.306 e. The van der Waals surface area contributed by atoms with Crippen LogP contribution in [0.5, 0.6) is 0 Å². The Morgan fingerprint density at radius 3 is 0.793 bits per heavy atom. The maximum Gasteiger partial charge on any atom is 0.306 e. The molecule has 0 bridgehead atoms. The first-order valence-corrected chi connectivity index (χ1v) is 35.1. The Bertz CT molecular complexity index is 1620. The van der Waals surface area contributed by atoms with E-state index in [2.05, 4.69) is 135 Å². The number of hydrogen-bond donors (Lipinski definition) is 1. The molecule has 470 valence electrons. The third kappa shape index (κ3) is 68.8. The van der Waals surface area contributed by atoms with Crippen molar-refractivity contribution in [2.45, 2.75) is 341 Å². The summed E-state index contributed by atoms with van der Waals surface area (Å²) in [7, 11) is 0. The number of ether oxygens (including phenoxy) is 2. The molecule has 0 aliphatic heterocycles. The van der Waals surface area contributed by atoms with Gasteiger partial charge >= 0.3 is 11.9 Å². The Balaban J connectivity index is 3.46. The Morgan fingerprint density at radius 2 is 0.524 bits per heavy atom. The van der Waals surface area contributed by atoms with Crippen molar-refractivity contribution >= 4 is 11.9 Å². The van der Waals surface area contributed by atoms with Crippen LogP contribution in [-0.4, -0.2) is 36.4 Å². The van der Waals surface area contributed by atoms with Crippen molar-refractivity contribution in [3.8, 4) is 0 Å². The van der Waals surface area contributed by atoms with Crippen molar-refractivity contribution < 1.29 is 24.2 Å². The second kappa shape index (κ2) is 71.6. The van der Waals surface area contributed by atoms with Gasteiger partial charge in [-0.15, -0.1) is 0 Å². The minimum Gasteiger partial charge on any atom is -0.462 e. The van der Waals surface area contributed by atoms with Gasteiger partial charge in [0.2, 0.25) is 0 Å². The van der Waals surface area contributed by atoms with Crippen LogP contribution in [0.3, 0.4) is 0 Å². The minimum absolute atomic E-state index is 0.0680. The molecule has 0 aromatic carbocycles. The van der Waals surface area contributed by atoms with Gasteiger partial charge in [-0.25, -0.2) is 0 Å². The van der Waals surface area contributed by atoms with Crippen LogP contribution in [0.1, 0.15) is 335 Å². The lowest BCUT2D eigenvalue weighted by molar-refractivity contribution is -0.161. The van der Waals surface area contributed by atoms with Gasteiger partial charge in [-0.1, -0.05) is 334 Å². The molecule has 0 rings (SSSR count). The molecule has 5 heteroatoms. The first-order valence-electron chi connectivity index (χ1n) is 35.1. The van der Waals surface area contributed by atoms with E-state index < -0.39 is 6.10 Å². The summed E-state index contributed by atoms with van der Waals surface area (Å²) in [5, 5.41) is 9.70. The Kier molecular flexibility index (Phi) is 68.3. The summed E-state index contributed by atoms with van der Waals surface area (Å²) in [5.41, 5.74) is 0. The van der Waals surface area contributed by atoms with E-state index in [1.807, 2.05) is 0 Å². The summed E-state index contributed by atoms with van der Waals surface area (Å²) in [4.78, 5) is 24.7. The average molecular weight is 1140 g/mol. The van der Waals surface area contributed by atoms with Crippen LogP contribution in [0.4, 0.5) is 0 Å². The van der Waals surface area contributed by atoms with Crippen molar-refractivity contribution in [1.29, 1.82) is 0 Å². The molecule has 1 atom stereocenters. The second-order valence-corrected chi connectivity index (χ2v) is 23.2. The Labute approximate surface area is 509 Å². The standard InChI is InChI=1S/C77H132O5/c1-3-5-7-9-11-13-15-17-19-21-23-25-27-29-31-32-33-34-35-36-37-38-39-40-41-42-43-44-46-48-50-52-54-56-58-60-62-64-66-68-70-72-77(80)82-75(73-78)74-81-76(79)71-69-67-65-63-61-59-57-55-53-51-49-47-45-30-28-26-24-22-20-18-16-14-12-10-8-6-4-2/h5,7,11,13,16-19,22-25,28-31,33-34,36-37,75,78H,3-4,6,8-10,12,14-15,20-21,26-27,32,35,38-74H2,1-2H3/b7-5-,13-11-,18-16-,19-17-,24-22-,25-23-,30-28-,31-29-,34-33-,37-36-. The van der Waals surface area contributed by atoms with E-state index in [1.54, 1.807) is 0 Å². The SMILES string of the molecule is CC/C=C\C/C=C\C/C=C\C/C=C\C/C=C\C/C=C\C/C=C\CCCCCCCCCCCCCCCCCCCCCC(=O)OC(CO)COC(=O)CCCCCCCCCCCCCC/C=C\C/C=C\C/C=C\CCCCCCC. The van der Waals surface area contributed by atoms with Gasteiger partial charge in [-0.05, 0) is 109 Å². The van der Waals surface area contributed by atoms with Gasteiger partial charge < -0.3 is 14.6 Å². The Hall–Kier alpha value is -3.70. The fraction of sp³-hybridized carbons (Fsp3) is 0.714. The number of aliphatic hydroxyl groups is 1. The maximum absolute atomic E-state index is 12.4. The largest absolute Gasteiger partial charge is 0.462 e. The van der Waals surface area contributed by atoms with Gasteiger partial charge in [0.25, 0.3) is 0 Å². The van der Waals surface area contributed by atoms with Gasteiger partial charge in [-0.3, -0.25) is 9.59 Å². The Morgan fingerprint density at radius 1 is 0.293 bits per heavy atom. The highest BCUT2D eigenvalue weighted by molar-refractivity contribution is 5.70. The van der Waals surface area contributed by atoms with Crippen LogP contribution < -0.4 is 0 Å². The molecule has 0 aliphatic rings. The molecule has 0 fully saturated rings. The van der Waals surface area contributed by atoms with Crippen molar-refractivity contribution in [1.82, 2.24) is 0 Å². The third-order valence-corrected chi connectivity index (χ3v) is 15.2. The summed E-state index contributed by atoms with van der Waals surface area (Å²) in [5.74, 6) is -0.583. The zero-order valence-corrected chi connectivity index (χ0v) is 54.0. The van der Waals surface area contributed by atoms with E-state index in [-0.39, 0.29) is 25.2 Å². The van der Waals surface area contributed by atoms with E-state index in [0.29, 0.717) is 12.8 Å². The number of carbonyl (C=O) groups is 2. The van der Waals surface area contributed by atoms with Crippen LogP contribution in [-0.2, 0) is 19.1 Å². The van der Waals surface area contributed by atoms with E-state index >= 15 is 0 Å². The predicted octanol–water partition coefficient (Wildman–Crippen LogP) is 24.5. The summed E-state index contributed by atoms with van der Waals surface area (Å²) < 4.78 is 10.8. The summed E-state index contributed by atoms with van der Waals surface area (Å²) in [6.07, 6.45) is 105. The van der Waals surface area contributed by atoms with Gasteiger partial charge in [-0.2, -0.15) is 0 Å². The van der Waals surface area contributed by atoms with Crippen molar-refractivity contribution in [3.05, 3.63) is 122 Å². The normalized spacial score (nSPS) is 13.0. The highest BCUT2D eigenvalue weighted by Crippen LogP contribution is 2.17. The number of esters is 2. The number of aliphatic hydroxyl groups excluding tert-OH is 1. The highest BCUT2D eigenvalue weighted by Gasteiger charge is 2.16. The second-order valence-electron chi connectivity index (χ2n) is 23.2. The molecular formula is C77H132O5. The molecule has 0 saturated heterocycles. The molecule has 0 aliphatic carbocycles. The topological polar surface area (TPSA) is 72.8 Å². The monoisotopic (exact) mass is 1140 g/mol. The molecule has 0 spiro atoms. The van der Waals surface area contributed by atoms with Crippen LogP contribution in [0, 0.1) is 0 Å². The molecular weight excluding hydrogens is 1000 g/mol. The molecule has 0 radical (unpaired) electrons. The van der Waals surface area contributed by atoms with Crippen LogP contribution in [0.25, 0.3) is 0 Å². The molecule has 1 N–H and O–H groups in total. The third-order valence-electron chi connectivity index (χ3n) is 15.2. The lowest BCUT2D eigenvalue weighted by Crippen LogP contribution is -2.28. The van der Waals surface area contributed by atoms with Gasteiger partial charge in [0.15, 0.2) is 6.10 Å². The summed E-state index contributed by atoms with van der Waals surface area (Å²) >= 11 is 0. The molecule has 0 saturated carbocycles. The molecule has 1 unspecified atom stereocenters. The van der Waals surface area contributed by atoms with Gasteiger partial charge in [0.1, 0.15) is 6.61 Å². The van der Waals surface area contributed by atoms with E-state index in [4.69, 9.17) is 9.47 Å². The van der Waals surface area contributed by atoms with Crippen LogP contribution in [0.2, 0.25) is 0 Å². The van der Waals surface area contributed by atoms with E-state index in [1.165, 1.54) is 212 Å². The number of allylic oxidation sites excluding steroid dienone is 20. The molecule has 0 amide bonds. The van der Waals surface area contributed by atoms with Crippen molar-refractivity contribution in [2.24, 2.45) is 0 Å². The lowest BCUT2D eigenvalue weighted by Gasteiger charge is -2.15. The lowest BCUT2D eigenvalue weighted by atomic mass is 10.0. The van der Waals surface area contributed by atoms with E-state index in [0.717, 1.165) is 96.3 Å². The van der Waals surface area contributed by atoms with Crippen molar-refractivity contribution in [3.63, 3.8) is 0 Å². The highest BCUT2D eigenvalue weighted by atomic mass is 16.6. The molecule has 0 aromatic heterocycles. The fourth-order valence-corrected chi connectivity index (χ4v) is 10.0. The number of unbranched alkanes of at least 4 members (excludes halogenated alkanes) is 36. The predicted molar refractivity (Wildman–Crippen MR) is 362 cm³/mol. The first kappa shape index (κ1) is 78.3. The van der Waals surface area contributed by atoms with Crippen LogP contribution >= 0.6 is 0 Å². The first-order chi connectivity index (χ1) is 40.6. The zero-order chi connectivity index (χ0) is 59.1. The number of carbonyl (C=O) groups excluding carboxylic acids is 2. The summed E-state index contributed by atoms with van der Waals surface area (Å²) in [6, 6.07) is 0. The maximum atomic E-state index is 12.4. The molecule has 0 heterocycles. The van der Waals surface area contributed by atoms with Gasteiger partial charge in [0.05, 0.1) is 6.61 Å². The van der Waals surface area contributed by atoms with Gasteiger partial charge in [0, 0.05) is 12.8 Å². The van der Waals surface area contributed by atoms with E-state index in [9.17, 15) is 14.7 Å². The molecule has 5 nitrogen and oxygen atoms in total. The fourth-order valence-electron chi connectivity index (χ4n) is 10.0.